The molecule has 3 nitrogen and oxygen atoms in total. The van der Waals surface area contributed by atoms with Gasteiger partial charge < -0.3 is 5.32 Å². The number of carbonyl (C=O) groups is 1. The molecule has 1 saturated heterocycles. The predicted molar refractivity (Wildman–Crippen MR) is 63.7 cm³/mol. The summed E-state index contributed by atoms with van der Waals surface area (Å²) in [5, 5.41) is 5.09. The molecule has 1 atom stereocenters. The molecular weight excluding hydrogens is 250 g/mol. The zero-order valence-corrected chi connectivity index (χ0v) is 9.77. The zero-order chi connectivity index (χ0) is 11.6. The van der Waals surface area contributed by atoms with Crippen LogP contribution in [0.3, 0.4) is 0 Å². The third-order valence-electron chi connectivity index (χ3n) is 2.47. The Morgan fingerprint density at radius 3 is 2.53 bits per heavy atom. The number of carbonyl (C=O) groups excluding carboxylic acids is 1. The second kappa shape index (κ2) is 5.42. The zero-order valence-electron chi connectivity index (χ0n) is 8.95. The minimum absolute atomic E-state index is 0. The molecule has 1 unspecified atom stereocenters. The average Bonchev–Trinajstić information content (AvgIpc) is 2.60. The summed E-state index contributed by atoms with van der Waals surface area (Å²) in [6.07, 6.45) is -0.439. The first-order valence-corrected chi connectivity index (χ1v) is 5.04. The molecule has 2 N–H and O–H groups in total. The lowest BCUT2D eigenvalue weighted by Gasteiger charge is -2.10. The fraction of sp³-hybridized carbons (Fsp3) is 0.364. The number of hydrogen-bond donors (Lipinski definition) is 2. The fourth-order valence-corrected chi connectivity index (χ4v) is 1.65. The van der Waals surface area contributed by atoms with Gasteiger partial charge in [0.05, 0.1) is 12.6 Å². The van der Waals surface area contributed by atoms with Crippen molar-refractivity contribution in [2.24, 2.45) is 0 Å². The van der Waals surface area contributed by atoms with E-state index in [9.17, 15) is 13.6 Å². The molecule has 0 radical (unpaired) electrons. The summed E-state index contributed by atoms with van der Waals surface area (Å²) in [5.41, 5.74) is 0.615. The Hall–Kier alpha value is -1.20. The summed E-state index contributed by atoms with van der Waals surface area (Å²) in [6.45, 7) is -0.431. The SMILES string of the molecule is Cl.O=C(Nc1ccccc1)C1CC(F)(F)CN1. The smallest absolute Gasteiger partial charge is 0.262 e. The predicted octanol–water partition coefficient (Wildman–Crippen LogP) is 2.04. The number of nitrogens with one attached hydrogen (secondary N) is 2. The lowest BCUT2D eigenvalue weighted by atomic mass is 10.2. The second-order valence-electron chi connectivity index (χ2n) is 3.85. The quantitative estimate of drug-likeness (QED) is 0.856. The van der Waals surface area contributed by atoms with Gasteiger partial charge in [-0.2, -0.15) is 0 Å². The van der Waals surface area contributed by atoms with Crippen molar-refractivity contribution in [2.45, 2.75) is 18.4 Å². The number of hydrogen-bond acceptors (Lipinski definition) is 2. The van der Waals surface area contributed by atoms with Crippen LogP contribution in [-0.2, 0) is 4.79 Å². The maximum absolute atomic E-state index is 12.9. The van der Waals surface area contributed by atoms with Crippen molar-refractivity contribution < 1.29 is 13.6 Å². The first-order valence-electron chi connectivity index (χ1n) is 5.04. The topological polar surface area (TPSA) is 41.1 Å². The summed E-state index contributed by atoms with van der Waals surface area (Å²) in [7, 11) is 0. The first kappa shape index (κ1) is 13.9. The van der Waals surface area contributed by atoms with Crippen LogP contribution in [0.25, 0.3) is 0 Å². The van der Waals surface area contributed by atoms with E-state index in [-0.39, 0.29) is 12.4 Å². The van der Waals surface area contributed by atoms with Crippen LogP contribution in [0, 0.1) is 0 Å². The van der Waals surface area contributed by atoms with E-state index in [1.54, 1.807) is 24.3 Å². The fourth-order valence-electron chi connectivity index (χ4n) is 1.65. The van der Waals surface area contributed by atoms with Crippen molar-refractivity contribution in [3.05, 3.63) is 30.3 Å². The van der Waals surface area contributed by atoms with E-state index >= 15 is 0 Å². The van der Waals surface area contributed by atoms with Crippen LogP contribution in [0.2, 0.25) is 0 Å². The van der Waals surface area contributed by atoms with Gasteiger partial charge in [-0.25, -0.2) is 8.78 Å². The molecule has 17 heavy (non-hydrogen) atoms. The van der Waals surface area contributed by atoms with Gasteiger partial charge in [0.15, 0.2) is 0 Å². The Morgan fingerprint density at radius 2 is 2.00 bits per heavy atom. The normalized spacial score (nSPS) is 21.6. The number of alkyl halides is 2. The molecule has 1 fully saturated rings. The van der Waals surface area contributed by atoms with Crippen LogP contribution in [0.15, 0.2) is 30.3 Å². The molecule has 0 aromatic heterocycles. The molecule has 94 valence electrons. The highest BCUT2D eigenvalue weighted by Gasteiger charge is 2.42. The number of rotatable bonds is 2. The molecule has 0 aliphatic carbocycles. The van der Waals surface area contributed by atoms with Gasteiger partial charge in [-0.15, -0.1) is 12.4 Å². The van der Waals surface area contributed by atoms with Gasteiger partial charge in [-0.1, -0.05) is 18.2 Å². The summed E-state index contributed by atoms with van der Waals surface area (Å²) in [6, 6.07) is 7.97. The van der Waals surface area contributed by atoms with Crippen molar-refractivity contribution >= 4 is 24.0 Å². The maximum atomic E-state index is 12.9. The van der Waals surface area contributed by atoms with Crippen molar-refractivity contribution in [1.82, 2.24) is 5.32 Å². The van der Waals surface area contributed by atoms with Gasteiger partial charge in [0.2, 0.25) is 5.91 Å². The molecule has 1 heterocycles. The maximum Gasteiger partial charge on any atom is 0.262 e. The highest BCUT2D eigenvalue weighted by molar-refractivity contribution is 5.95. The number of amides is 1. The third kappa shape index (κ3) is 3.64. The number of benzene rings is 1. The van der Waals surface area contributed by atoms with E-state index in [0.29, 0.717) is 5.69 Å². The molecule has 6 heteroatoms. The molecule has 1 aromatic carbocycles. The highest BCUT2D eigenvalue weighted by Crippen LogP contribution is 2.25. The van der Waals surface area contributed by atoms with Gasteiger partial charge in [0, 0.05) is 12.1 Å². The summed E-state index contributed by atoms with van der Waals surface area (Å²) in [5.74, 6) is -3.19. The number of para-hydroxylation sites is 1. The van der Waals surface area contributed by atoms with E-state index < -0.39 is 30.8 Å². The largest absolute Gasteiger partial charge is 0.325 e. The lowest BCUT2D eigenvalue weighted by molar-refractivity contribution is -0.118. The van der Waals surface area contributed by atoms with Crippen LogP contribution >= 0.6 is 12.4 Å². The van der Waals surface area contributed by atoms with Crippen LogP contribution < -0.4 is 10.6 Å². The molecule has 1 amide bonds. The Labute approximate surface area is 104 Å². The Morgan fingerprint density at radius 1 is 1.35 bits per heavy atom. The second-order valence-corrected chi connectivity index (χ2v) is 3.85. The minimum Gasteiger partial charge on any atom is -0.325 e. The average molecular weight is 263 g/mol. The molecule has 1 aliphatic heterocycles. The number of anilines is 1. The molecule has 2 rings (SSSR count). The van der Waals surface area contributed by atoms with Crippen LogP contribution in [0.1, 0.15) is 6.42 Å². The molecule has 0 saturated carbocycles. The molecule has 0 spiro atoms. The van der Waals surface area contributed by atoms with Crippen molar-refractivity contribution in [3.8, 4) is 0 Å². The standard InChI is InChI=1S/C11H12F2N2O.ClH/c12-11(13)6-9(14-7-11)10(16)15-8-4-2-1-3-5-8;/h1-5,9,14H,6-7H2,(H,15,16);1H. The van der Waals surface area contributed by atoms with Crippen molar-refractivity contribution in [3.63, 3.8) is 0 Å². The van der Waals surface area contributed by atoms with E-state index in [1.807, 2.05) is 6.07 Å². The monoisotopic (exact) mass is 262 g/mol. The van der Waals surface area contributed by atoms with E-state index in [1.165, 1.54) is 0 Å². The van der Waals surface area contributed by atoms with Crippen LogP contribution in [-0.4, -0.2) is 24.4 Å². The number of halogens is 3. The van der Waals surface area contributed by atoms with Gasteiger partial charge >= 0.3 is 0 Å². The van der Waals surface area contributed by atoms with Crippen LogP contribution in [0.4, 0.5) is 14.5 Å². The summed E-state index contributed by atoms with van der Waals surface area (Å²) >= 11 is 0. The van der Waals surface area contributed by atoms with E-state index in [0.717, 1.165) is 0 Å². The molecule has 1 aromatic rings. The van der Waals surface area contributed by atoms with Gasteiger partial charge in [-0.3, -0.25) is 10.1 Å². The molecular formula is C11H13ClF2N2O. The van der Waals surface area contributed by atoms with Gasteiger partial charge in [-0.05, 0) is 12.1 Å². The summed E-state index contributed by atoms with van der Waals surface area (Å²) in [4.78, 5) is 11.6. The first-order chi connectivity index (χ1) is 7.57. The molecule has 0 bridgehead atoms. The minimum atomic E-state index is -2.78. The van der Waals surface area contributed by atoms with Gasteiger partial charge in [0.25, 0.3) is 5.92 Å². The van der Waals surface area contributed by atoms with Gasteiger partial charge in [0.1, 0.15) is 0 Å². The Balaban J connectivity index is 0.00000144. The van der Waals surface area contributed by atoms with Crippen molar-refractivity contribution in [1.29, 1.82) is 0 Å². The highest BCUT2D eigenvalue weighted by atomic mass is 35.5. The lowest BCUT2D eigenvalue weighted by Crippen LogP contribution is -2.35. The third-order valence-corrected chi connectivity index (χ3v) is 2.47. The van der Waals surface area contributed by atoms with E-state index in [4.69, 9.17) is 0 Å². The van der Waals surface area contributed by atoms with Crippen molar-refractivity contribution in [2.75, 3.05) is 11.9 Å². The van der Waals surface area contributed by atoms with Crippen LogP contribution in [0.5, 0.6) is 0 Å². The Kier molecular flexibility index (Phi) is 4.42. The van der Waals surface area contributed by atoms with E-state index in [2.05, 4.69) is 10.6 Å². The summed E-state index contributed by atoms with van der Waals surface area (Å²) < 4.78 is 25.7. The Bertz CT molecular complexity index is 386. The molecule has 1 aliphatic rings.